The maximum atomic E-state index is 12.7. The van der Waals surface area contributed by atoms with Crippen LogP contribution in [0.2, 0.25) is 0 Å². The number of carbonyl (C=O) groups is 3. The molecular weight excluding hydrogens is 466 g/mol. The molecule has 2 aliphatic heterocycles. The molecule has 2 aromatic rings. The van der Waals surface area contributed by atoms with Crippen molar-refractivity contribution in [1.82, 2.24) is 14.1 Å². The number of nitrogens with zero attached hydrogens (tertiary/aromatic N) is 3. The molecule has 182 valence electrons. The van der Waals surface area contributed by atoms with E-state index in [4.69, 9.17) is 13.9 Å². The second-order valence-electron chi connectivity index (χ2n) is 7.77. The highest BCUT2D eigenvalue weighted by Crippen LogP contribution is 2.18. The van der Waals surface area contributed by atoms with Gasteiger partial charge in [-0.3, -0.25) is 9.59 Å². The number of hydrogen-bond acceptors (Lipinski definition) is 8. The molecule has 0 N–H and O–H groups in total. The lowest BCUT2D eigenvalue weighted by Gasteiger charge is -2.34. The van der Waals surface area contributed by atoms with Crippen molar-refractivity contribution in [2.75, 3.05) is 59.1 Å². The van der Waals surface area contributed by atoms with Gasteiger partial charge in [0.25, 0.3) is 11.8 Å². The molecule has 0 atom stereocenters. The number of benzene rings is 1. The van der Waals surface area contributed by atoms with E-state index < -0.39 is 22.6 Å². The highest BCUT2D eigenvalue weighted by atomic mass is 32.2. The Morgan fingerprint density at radius 1 is 0.882 bits per heavy atom. The molecule has 2 aliphatic rings. The van der Waals surface area contributed by atoms with Crippen LogP contribution in [-0.4, -0.2) is 99.4 Å². The van der Waals surface area contributed by atoms with Crippen LogP contribution in [0.15, 0.2) is 52.0 Å². The first-order valence-corrected chi connectivity index (χ1v) is 12.3. The summed E-state index contributed by atoms with van der Waals surface area (Å²) >= 11 is 0. The molecule has 2 saturated heterocycles. The van der Waals surface area contributed by atoms with Gasteiger partial charge in [-0.2, -0.15) is 4.31 Å². The van der Waals surface area contributed by atoms with Crippen LogP contribution in [0.1, 0.15) is 20.9 Å². The van der Waals surface area contributed by atoms with E-state index in [2.05, 4.69) is 0 Å². The van der Waals surface area contributed by atoms with Crippen molar-refractivity contribution in [2.24, 2.45) is 0 Å². The third kappa shape index (κ3) is 5.29. The summed E-state index contributed by atoms with van der Waals surface area (Å²) in [5.74, 6) is -1.08. The van der Waals surface area contributed by atoms with Gasteiger partial charge in [-0.15, -0.1) is 0 Å². The van der Waals surface area contributed by atoms with Crippen LogP contribution in [-0.2, 0) is 24.3 Å². The fourth-order valence-corrected chi connectivity index (χ4v) is 5.12. The van der Waals surface area contributed by atoms with Crippen molar-refractivity contribution in [1.29, 1.82) is 0 Å². The summed E-state index contributed by atoms with van der Waals surface area (Å²) in [6.45, 7) is 2.11. The molecule has 11 nitrogen and oxygen atoms in total. The summed E-state index contributed by atoms with van der Waals surface area (Å²) < 4.78 is 42.1. The van der Waals surface area contributed by atoms with Gasteiger partial charge in [-0.25, -0.2) is 13.2 Å². The Balaban J connectivity index is 1.26. The molecule has 4 rings (SSSR count). The lowest BCUT2D eigenvalue weighted by atomic mass is 10.2. The molecule has 1 aromatic carbocycles. The van der Waals surface area contributed by atoms with Crippen molar-refractivity contribution < 1.29 is 36.7 Å². The minimum atomic E-state index is -3.66. The first-order valence-electron chi connectivity index (χ1n) is 10.8. The Bertz CT molecular complexity index is 1120. The Kier molecular flexibility index (Phi) is 7.29. The summed E-state index contributed by atoms with van der Waals surface area (Å²) in [5.41, 5.74) is 0.141. The summed E-state index contributed by atoms with van der Waals surface area (Å²) in [4.78, 5) is 40.3. The molecule has 0 unspecified atom stereocenters. The van der Waals surface area contributed by atoms with Crippen molar-refractivity contribution >= 4 is 27.8 Å². The quantitative estimate of drug-likeness (QED) is 0.533. The van der Waals surface area contributed by atoms with E-state index in [-0.39, 0.29) is 41.1 Å². The molecule has 3 heterocycles. The van der Waals surface area contributed by atoms with E-state index >= 15 is 0 Å². The summed E-state index contributed by atoms with van der Waals surface area (Å²) in [6.07, 6.45) is 1.43. The maximum Gasteiger partial charge on any atom is 0.338 e. The van der Waals surface area contributed by atoms with Gasteiger partial charge >= 0.3 is 5.97 Å². The van der Waals surface area contributed by atoms with Gasteiger partial charge < -0.3 is 23.7 Å². The zero-order valence-corrected chi connectivity index (χ0v) is 19.2. The van der Waals surface area contributed by atoms with Crippen LogP contribution in [0.4, 0.5) is 0 Å². The monoisotopic (exact) mass is 491 g/mol. The van der Waals surface area contributed by atoms with Crippen molar-refractivity contribution in [3.63, 3.8) is 0 Å². The molecule has 2 fully saturated rings. The molecule has 12 heteroatoms. The number of morpholine rings is 1. The lowest BCUT2D eigenvalue weighted by molar-refractivity contribution is -0.136. The number of hydrogen-bond donors (Lipinski definition) is 0. The predicted molar refractivity (Wildman–Crippen MR) is 117 cm³/mol. The average molecular weight is 492 g/mol. The van der Waals surface area contributed by atoms with Gasteiger partial charge in [0.05, 0.1) is 29.9 Å². The SMILES string of the molecule is O=C(OCC(=O)N1CCN(C(=O)c2ccco2)CC1)c1ccc(S(=O)(=O)N2CCOCC2)cc1. The molecule has 0 radical (unpaired) electrons. The Morgan fingerprint density at radius 3 is 2.15 bits per heavy atom. The second-order valence-corrected chi connectivity index (χ2v) is 9.71. The molecule has 1 aromatic heterocycles. The maximum absolute atomic E-state index is 12.7. The standard InChI is InChI=1S/C22H25N3O8S/c26-20(23-7-9-24(10-8-23)21(27)19-2-1-13-32-19)16-33-22(28)17-3-5-18(6-4-17)34(29,30)25-11-14-31-15-12-25/h1-6,13H,7-12,14-16H2. The number of amides is 2. The number of rotatable bonds is 6. The van der Waals surface area contributed by atoms with E-state index in [1.54, 1.807) is 17.0 Å². The Morgan fingerprint density at radius 2 is 1.53 bits per heavy atom. The molecular formula is C22H25N3O8S. The second kappa shape index (κ2) is 10.4. The van der Waals surface area contributed by atoms with E-state index in [1.807, 2.05) is 0 Å². The van der Waals surface area contributed by atoms with E-state index in [0.717, 1.165) is 0 Å². The van der Waals surface area contributed by atoms with Gasteiger partial charge in [-0.05, 0) is 36.4 Å². The number of piperazine rings is 1. The van der Waals surface area contributed by atoms with Crippen molar-refractivity contribution in [3.05, 3.63) is 54.0 Å². The zero-order valence-electron chi connectivity index (χ0n) is 18.4. The third-order valence-electron chi connectivity index (χ3n) is 5.68. The Labute approximate surface area is 196 Å². The van der Waals surface area contributed by atoms with E-state index in [1.165, 1.54) is 39.7 Å². The van der Waals surface area contributed by atoms with Crippen molar-refractivity contribution in [3.8, 4) is 0 Å². The van der Waals surface area contributed by atoms with Gasteiger partial charge in [0.2, 0.25) is 10.0 Å². The Hall–Kier alpha value is -3.22. The molecule has 0 aliphatic carbocycles. The van der Waals surface area contributed by atoms with Gasteiger partial charge in [0, 0.05) is 39.3 Å². The number of ether oxygens (including phenoxy) is 2. The average Bonchev–Trinajstić information content (AvgIpc) is 3.42. The third-order valence-corrected chi connectivity index (χ3v) is 7.59. The summed E-state index contributed by atoms with van der Waals surface area (Å²) in [5, 5.41) is 0. The molecule has 0 spiro atoms. The molecule has 0 saturated carbocycles. The van der Waals surface area contributed by atoms with Crippen LogP contribution >= 0.6 is 0 Å². The fourth-order valence-electron chi connectivity index (χ4n) is 3.72. The largest absolute Gasteiger partial charge is 0.459 e. The lowest BCUT2D eigenvalue weighted by Crippen LogP contribution is -2.51. The van der Waals surface area contributed by atoms with Gasteiger partial charge in [0.1, 0.15) is 0 Å². The number of sulfonamides is 1. The van der Waals surface area contributed by atoms with Crippen LogP contribution in [0, 0.1) is 0 Å². The van der Waals surface area contributed by atoms with E-state index in [9.17, 15) is 22.8 Å². The number of furan rings is 1. The topological polar surface area (TPSA) is 127 Å². The van der Waals surface area contributed by atoms with E-state index in [0.29, 0.717) is 39.4 Å². The first-order chi connectivity index (χ1) is 16.4. The van der Waals surface area contributed by atoms with Crippen LogP contribution < -0.4 is 0 Å². The summed E-state index contributed by atoms with van der Waals surface area (Å²) in [7, 11) is -3.66. The highest BCUT2D eigenvalue weighted by molar-refractivity contribution is 7.89. The number of esters is 1. The zero-order chi connectivity index (χ0) is 24.1. The summed E-state index contributed by atoms with van der Waals surface area (Å²) in [6, 6.07) is 8.64. The number of carbonyl (C=O) groups excluding carboxylic acids is 3. The highest BCUT2D eigenvalue weighted by Gasteiger charge is 2.28. The molecule has 0 bridgehead atoms. The van der Waals surface area contributed by atoms with Crippen molar-refractivity contribution in [2.45, 2.75) is 4.90 Å². The van der Waals surface area contributed by atoms with Gasteiger partial charge in [0.15, 0.2) is 12.4 Å². The normalized spacial score (nSPS) is 17.4. The predicted octanol–water partition coefficient (Wildman–Crippen LogP) is 0.442. The van der Waals surface area contributed by atoms with Crippen LogP contribution in [0.25, 0.3) is 0 Å². The van der Waals surface area contributed by atoms with Crippen LogP contribution in [0.3, 0.4) is 0 Å². The minimum absolute atomic E-state index is 0.0731. The molecule has 34 heavy (non-hydrogen) atoms. The van der Waals surface area contributed by atoms with Crippen LogP contribution in [0.5, 0.6) is 0 Å². The minimum Gasteiger partial charge on any atom is -0.459 e. The molecule has 2 amide bonds. The van der Waals surface area contributed by atoms with Gasteiger partial charge in [-0.1, -0.05) is 0 Å². The fraction of sp³-hybridized carbons (Fsp3) is 0.409. The first kappa shape index (κ1) is 23.9. The smallest absolute Gasteiger partial charge is 0.338 e.